The molecule has 0 aliphatic rings. The molecule has 0 aromatic heterocycles. The summed E-state index contributed by atoms with van der Waals surface area (Å²) in [5, 5.41) is 0. The number of carbonyl (C=O) groups is 4. The van der Waals surface area contributed by atoms with E-state index in [1.165, 1.54) is 0 Å². The maximum atomic E-state index is 11.9. The topological polar surface area (TPSA) is 116 Å². The van der Waals surface area contributed by atoms with Crippen molar-refractivity contribution >= 4 is 23.6 Å². The summed E-state index contributed by atoms with van der Waals surface area (Å²) < 4.78 is 11.4. The zero-order chi connectivity index (χ0) is 30.5. The molecule has 4 aromatic carbocycles. The Hall–Kier alpha value is -2.54. The van der Waals surface area contributed by atoms with E-state index in [1.54, 1.807) is 48.5 Å². The third-order valence-corrected chi connectivity index (χ3v) is 11.0. The molecular formula is C32H32Br2Hf2N4O4. The fourth-order valence-electron chi connectivity index (χ4n) is 3.40. The van der Waals surface area contributed by atoms with Gasteiger partial charge < -0.3 is 34.0 Å². The number of nitrogens with one attached hydrogen (secondary N) is 4. The number of carbonyl (C=O) groups excluding carboxylic acids is 4. The van der Waals surface area contributed by atoms with E-state index in [-0.39, 0.29) is 57.6 Å². The molecule has 4 amide bonds. The Balaban J connectivity index is 0.000000421. The van der Waals surface area contributed by atoms with Crippen LogP contribution in [-0.4, -0.2) is 23.6 Å². The number of amides is 4. The zero-order valence-corrected chi connectivity index (χ0v) is 35.0. The first-order chi connectivity index (χ1) is 20.1. The molecule has 0 atom stereocenters. The SMILES string of the molecule is Cc1ccc(C(=O)[NH][Hf+][NH]C(=O)c2ccc(C)cc2)cc1.Cc1ccc(C(=O)[NH][Hf+][NH]C(=O)c2ccc(C)cc2)cc1.[Br-].[Br-]. The van der Waals surface area contributed by atoms with Crippen LogP contribution in [0.5, 0.6) is 0 Å². The molecule has 0 aliphatic carbocycles. The van der Waals surface area contributed by atoms with Crippen molar-refractivity contribution in [1.29, 1.82) is 0 Å². The van der Waals surface area contributed by atoms with Crippen LogP contribution in [0.4, 0.5) is 0 Å². The van der Waals surface area contributed by atoms with Gasteiger partial charge in [0, 0.05) is 0 Å². The largest absolute Gasteiger partial charge is 1.00 e. The Morgan fingerprint density at radius 3 is 0.682 bits per heavy atom. The van der Waals surface area contributed by atoms with Crippen molar-refractivity contribution in [3.05, 3.63) is 142 Å². The van der Waals surface area contributed by atoms with Crippen molar-refractivity contribution < 1.29 is 100 Å². The maximum Gasteiger partial charge on any atom is -1.00 e. The summed E-state index contributed by atoms with van der Waals surface area (Å²) in [7, 11) is 0. The van der Waals surface area contributed by atoms with Crippen molar-refractivity contribution in [3.63, 3.8) is 0 Å². The number of benzene rings is 4. The standard InChI is InChI=1S/4C8H9NO.2BrH.2Hf/c4*1-6-2-4-7(5-3-6)8(9)10;;;;/h4*2-5H,1H3,(H2,9,10);2*1H;;/q;;;;;;2*+3/p-6. The second kappa shape index (κ2) is 20.5. The Labute approximate surface area is 303 Å². The molecule has 0 radical (unpaired) electrons. The minimum Gasteiger partial charge on any atom is -1.00 e. The minimum absolute atomic E-state index is 0. The molecule has 44 heavy (non-hydrogen) atoms. The summed E-state index contributed by atoms with van der Waals surface area (Å²) in [6.45, 7) is 7.90. The molecule has 0 heterocycles. The first-order valence-corrected chi connectivity index (χ1v) is 20.3. The van der Waals surface area contributed by atoms with E-state index in [0.29, 0.717) is 22.3 Å². The molecule has 226 valence electrons. The molecule has 0 saturated carbocycles. The molecular weight excluding hydrogens is 1020 g/mol. The molecule has 0 aliphatic heterocycles. The van der Waals surface area contributed by atoms with E-state index in [2.05, 4.69) is 13.2 Å². The van der Waals surface area contributed by atoms with Gasteiger partial charge in [-0.15, -0.1) is 0 Å². The van der Waals surface area contributed by atoms with Gasteiger partial charge in [0.1, 0.15) is 0 Å². The smallest absolute Gasteiger partial charge is 1.00 e. The third kappa shape index (κ3) is 13.6. The Kier molecular flexibility index (Phi) is 18.4. The van der Waals surface area contributed by atoms with Crippen molar-refractivity contribution in [2.45, 2.75) is 27.7 Å². The van der Waals surface area contributed by atoms with Gasteiger partial charge in [0.2, 0.25) is 0 Å². The molecule has 0 fully saturated rings. The number of rotatable bonds is 8. The Morgan fingerprint density at radius 1 is 0.364 bits per heavy atom. The summed E-state index contributed by atoms with van der Waals surface area (Å²) in [6, 6.07) is 29.5. The van der Waals surface area contributed by atoms with Crippen LogP contribution in [0.15, 0.2) is 97.1 Å². The van der Waals surface area contributed by atoms with Gasteiger partial charge in [-0.3, -0.25) is 0 Å². The monoisotopic (exact) mass is 1050 g/mol. The molecule has 4 N–H and O–H groups in total. The summed E-state index contributed by atoms with van der Waals surface area (Å²) in [5.74, 6) is -0.491. The maximum absolute atomic E-state index is 11.9. The van der Waals surface area contributed by atoms with Crippen LogP contribution in [-0.2, 0) is 47.0 Å². The fraction of sp³-hybridized carbons (Fsp3) is 0.125. The second-order valence-corrected chi connectivity index (χ2v) is 14.9. The quantitative estimate of drug-likeness (QED) is 0.166. The molecule has 8 nitrogen and oxygen atoms in total. The Bertz CT molecular complexity index is 1290. The average Bonchev–Trinajstić information content (AvgIpc) is 2.98. The van der Waals surface area contributed by atoms with Crippen molar-refractivity contribution in [3.8, 4) is 0 Å². The second-order valence-electron chi connectivity index (χ2n) is 9.53. The molecule has 4 rings (SSSR count). The number of aryl methyl sites for hydroxylation is 4. The molecule has 0 bridgehead atoms. The van der Waals surface area contributed by atoms with Gasteiger partial charge in [-0.25, -0.2) is 0 Å². The van der Waals surface area contributed by atoms with E-state index in [1.807, 2.05) is 76.2 Å². The van der Waals surface area contributed by atoms with Crippen LogP contribution in [0.25, 0.3) is 0 Å². The molecule has 0 saturated heterocycles. The summed E-state index contributed by atoms with van der Waals surface area (Å²) in [4.78, 5) is 47.6. The van der Waals surface area contributed by atoms with Crippen LogP contribution in [0.2, 0.25) is 0 Å². The van der Waals surface area contributed by atoms with Crippen molar-refractivity contribution in [2.24, 2.45) is 0 Å². The normalized spacial score (nSPS) is 9.18. The number of hydrogen-bond donors (Lipinski definition) is 4. The molecule has 0 unspecified atom stereocenters. The van der Waals surface area contributed by atoms with Gasteiger partial charge in [0.15, 0.2) is 0 Å². The van der Waals surface area contributed by atoms with Crippen molar-refractivity contribution in [2.75, 3.05) is 0 Å². The van der Waals surface area contributed by atoms with E-state index < -0.39 is 47.0 Å². The number of halogens is 2. The third-order valence-electron chi connectivity index (χ3n) is 5.96. The van der Waals surface area contributed by atoms with Gasteiger partial charge >= 0.3 is 272 Å². The first kappa shape index (κ1) is 39.5. The van der Waals surface area contributed by atoms with E-state index in [9.17, 15) is 19.2 Å². The van der Waals surface area contributed by atoms with Crippen LogP contribution in [0, 0.1) is 27.7 Å². The van der Waals surface area contributed by atoms with Crippen LogP contribution in [0.1, 0.15) is 63.7 Å². The van der Waals surface area contributed by atoms with E-state index in [4.69, 9.17) is 0 Å². The fourth-order valence-corrected chi connectivity index (χ4v) is 7.55. The van der Waals surface area contributed by atoms with Crippen LogP contribution < -0.4 is 47.2 Å². The van der Waals surface area contributed by atoms with Crippen LogP contribution >= 0.6 is 0 Å². The zero-order valence-electron chi connectivity index (χ0n) is 24.6. The van der Waals surface area contributed by atoms with Crippen molar-refractivity contribution in [1.82, 2.24) is 13.2 Å². The summed E-state index contributed by atoms with van der Waals surface area (Å²) in [6.07, 6.45) is 0. The van der Waals surface area contributed by atoms with Gasteiger partial charge in [-0.1, -0.05) is 0 Å². The summed E-state index contributed by atoms with van der Waals surface area (Å²) >= 11 is -3.41. The minimum atomic E-state index is -1.70. The number of hydrogen-bond acceptors (Lipinski definition) is 4. The summed E-state index contributed by atoms with van der Waals surface area (Å²) in [5.41, 5.74) is 6.94. The van der Waals surface area contributed by atoms with Gasteiger partial charge in [0.05, 0.1) is 0 Å². The van der Waals surface area contributed by atoms with Gasteiger partial charge in [-0.2, -0.15) is 0 Å². The predicted molar refractivity (Wildman–Crippen MR) is 155 cm³/mol. The van der Waals surface area contributed by atoms with Gasteiger partial charge in [-0.05, 0) is 0 Å². The average molecular weight is 1050 g/mol. The van der Waals surface area contributed by atoms with E-state index in [0.717, 1.165) is 22.3 Å². The van der Waals surface area contributed by atoms with Gasteiger partial charge in [0.25, 0.3) is 0 Å². The first-order valence-electron chi connectivity index (χ1n) is 13.1. The van der Waals surface area contributed by atoms with E-state index >= 15 is 0 Å². The Morgan fingerprint density at radius 2 is 0.523 bits per heavy atom. The predicted octanol–water partition coefficient (Wildman–Crippen LogP) is -1.24. The van der Waals surface area contributed by atoms with Crippen LogP contribution in [0.3, 0.4) is 0 Å². The molecule has 12 heteroatoms. The molecule has 4 aromatic rings. The molecule has 0 spiro atoms.